The zero-order valence-electron chi connectivity index (χ0n) is 10.3. The molecule has 2 rings (SSSR count). The predicted octanol–water partition coefficient (Wildman–Crippen LogP) is 1.87. The Morgan fingerprint density at radius 1 is 1.38 bits per heavy atom. The van der Waals surface area contributed by atoms with Gasteiger partial charge in [0.2, 0.25) is 0 Å². The van der Waals surface area contributed by atoms with Crippen molar-refractivity contribution in [2.45, 2.75) is 13.0 Å². The first-order valence-corrected chi connectivity index (χ1v) is 5.58. The van der Waals surface area contributed by atoms with Crippen LogP contribution in [0.1, 0.15) is 28.2 Å². The Labute approximate surface area is 115 Å². The number of carbonyl (C=O) groups is 1. The highest BCUT2D eigenvalue weighted by atomic mass is 19.3. The van der Waals surface area contributed by atoms with Gasteiger partial charge in [-0.1, -0.05) is 17.3 Å². The van der Waals surface area contributed by atoms with Gasteiger partial charge in [0.15, 0.2) is 5.69 Å². The van der Waals surface area contributed by atoms with E-state index in [-0.39, 0.29) is 12.2 Å². The number of halogens is 2. The van der Waals surface area contributed by atoms with Crippen molar-refractivity contribution in [2.24, 2.45) is 0 Å². The molecule has 0 fully saturated rings. The van der Waals surface area contributed by atoms with E-state index in [0.717, 1.165) is 4.68 Å². The van der Waals surface area contributed by atoms with Crippen LogP contribution in [0.3, 0.4) is 0 Å². The lowest BCUT2D eigenvalue weighted by Crippen LogP contribution is -2.10. The molecule has 0 aliphatic rings. The van der Waals surface area contributed by atoms with Gasteiger partial charge in [0.25, 0.3) is 12.1 Å². The quantitative estimate of drug-likeness (QED) is 0.666. The minimum atomic E-state index is -3.05. The number of aromatic carboxylic acids is 1. The zero-order valence-corrected chi connectivity index (χ0v) is 10.3. The SMILES string of the molecule is O=C(O)c1nnn(Cc2ccc([N+](=O)[O-])cc2)c1C(F)F. The Morgan fingerprint density at radius 3 is 2.48 bits per heavy atom. The number of carboxylic acids is 1. The normalized spacial score (nSPS) is 10.8. The van der Waals surface area contributed by atoms with Gasteiger partial charge in [0.1, 0.15) is 5.69 Å². The van der Waals surface area contributed by atoms with Crippen molar-refractivity contribution in [3.8, 4) is 0 Å². The maximum atomic E-state index is 12.9. The van der Waals surface area contributed by atoms with Gasteiger partial charge < -0.3 is 5.11 Å². The van der Waals surface area contributed by atoms with Crippen molar-refractivity contribution in [1.82, 2.24) is 15.0 Å². The fraction of sp³-hybridized carbons (Fsp3) is 0.182. The molecule has 110 valence electrons. The van der Waals surface area contributed by atoms with Gasteiger partial charge in [-0.25, -0.2) is 18.3 Å². The van der Waals surface area contributed by atoms with E-state index in [4.69, 9.17) is 5.11 Å². The number of nitro benzene ring substituents is 1. The lowest BCUT2D eigenvalue weighted by atomic mass is 10.2. The number of hydrogen-bond donors (Lipinski definition) is 1. The van der Waals surface area contributed by atoms with E-state index >= 15 is 0 Å². The van der Waals surface area contributed by atoms with Crippen LogP contribution in [0.25, 0.3) is 0 Å². The number of aromatic nitrogens is 3. The van der Waals surface area contributed by atoms with E-state index in [1.54, 1.807) is 0 Å². The topological polar surface area (TPSA) is 111 Å². The van der Waals surface area contributed by atoms with Crippen molar-refractivity contribution in [1.29, 1.82) is 0 Å². The van der Waals surface area contributed by atoms with E-state index in [1.165, 1.54) is 24.3 Å². The fourth-order valence-electron chi connectivity index (χ4n) is 1.70. The second-order valence-corrected chi connectivity index (χ2v) is 4.01. The van der Waals surface area contributed by atoms with Crippen LogP contribution in [0.5, 0.6) is 0 Å². The van der Waals surface area contributed by atoms with Crippen molar-refractivity contribution < 1.29 is 23.6 Å². The van der Waals surface area contributed by atoms with Crippen LogP contribution in [-0.4, -0.2) is 31.0 Å². The molecule has 0 radical (unpaired) electrons. The molecule has 0 atom stereocenters. The summed E-state index contributed by atoms with van der Waals surface area (Å²) in [5.41, 5.74) is -1.31. The summed E-state index contributed by atoms with van der Waals surface area (Å²) in [4.78, 5) is 20.7. The molecule has 21 heavy (non-hydrogen) atoms. The zero-order chi connectivity index (χ0) is 15.6. The van der Waals surface area contributed by atoms with Crippen LogP contribution in [0, 0.1) is 10.1 Å². The predicted molar refractivity (Wildman–Crippen MR) is 64.1 cm³/mol. The van der Waals surface area contributed by atoms with Crippen LogP contribution in [-0.2, 0) is 6.54 Å². The van der Waals surface area contributed by atoms with Gasteiger partial charge in [-0.05, 0) is 5.56 Å². The van der Waals surface area contributed by atoms with E-state index in [0.29, 0.717) is 5.56 Å². The van der Waals surface area contributed by atoms with E-state index < -0.39 is 28.7 Å². The summed E-state index contributed by atoms with van der Waals surface area (Å²) in [6.07, 6.45) is -3.05. The lowest BCUT2D eigenvalue weighted by Gasteiger charge is -2.06. The Balaban J connectivity index is 2.31. The third kappa shape index (κ3) is 2.99. The molecule has 2 aromatic rings. The van der Waals surface area contributed by atoms with Crippen LogP contribution in [0.2, 0.25) is 0 Å². The summed E-state index contributed by atoms with van der Waals surface area (Å²) in [5, 5.41) is 25.9. The fourth-order valence-corrected chi connectivity index (χ4v) is 1.70. The Hall–Kier alpha value is -2.91. The van der Waals surface area contributed by atoms with Crippen LogP contribution < -0.4 is 0 Å². The third-order valence-corrected chi connectivity index (χ3v) is 2.66. The van der Waals surface area contributed by atoms with Gasteiger partial charge in [0, 0.05) is 12.1 Å². The molecule has 8 nitrogen and oxygen atoms in total. The highest BCUT2D eigenvalue weighted by Crippen LogP contribution is 2.22. The van der Waals surface area contributed by atoms with Crippen LogP contribution >= 0.6 is 0 Å². The van der Waals surface area contributed by atoms with E-state index in [2.05, 4.69) is 10.3 Å². The first kappa shape index (κ1) is 14.5. The molecule has 0 aliphatic heterocycles. The van der Waals surface area contributed by atoms with Crippen LogP contribution in [0.15, 0.2) is 24.3 Å². The minimum absolute atomic E-state index is 0.141. The third-order valence-electron chi connectivity index (χ3n) is 2.66. The molecule has 1 aromatic heterocycles. The maximum Gasteiger partial charge on any atom is 0.358 e. The average Bonchev–Trinajstić information content (AvgIpc) is 2.83. The van der Waals surface area contributed by atoms with Gasteiger partial charge in [-0.3, -0.25) is 10.1 Å². The number of alkyl halides is 2. The first-order chi connectivity index (χ1) is 9.90. The summed E-state index contributed by atoms with van der Waals surface area (Å²) in [5.74, 6) is -1.60. The van der Waals surface area contributed by atoms with Crippen LogP contribution in [0.4, 0.5) is 14.5 Å². The van der Waals surface area contributed by atoms with E-state index in [9.17, 15) is 23.7 Å². The number of hydrogen-bond acceptors (Lipinski definition) is 5. The largest absolute Gasteiger partial charge is 0.476 e. The molecule has 0 amide bonds. The Bertz CT molecular complexity index is 684. The van der Waals surface area contributed by atoms with E-state index in [1.807, 2.05) is 0 Å². The molecular weight excluding hydrogens is 290 g/mol. The number of rotatable bonds is 5. The highest BCUT2D eigenvalue weighted by Gasteiger charge is 2.26. The number of nitrogens with zero attached hydrogens (tertiary/aromatic N) is 4. The summed E-state index contributed by atoms with van der Waals surface area (Å²) in [6, 6.07) is 5.17. The minimum Gasteiger partial charge on any atom is -0.476 e. The van der Waals surface area contributed by atoms with Gasteiger partial charge >= 0.3 is 5.97 Å². The summed E-state index contributed by atoms with van der Waals surface area (Å²) in [7, 11) is 0. The van der Waals surface area contributed by atoms with Gasteiger partial charge in [-0.2, -0.15) is 0 Å². The molecule has 0 spiro atoms. The molecule has 10 heteroatoms. The number of non-ortho nitro benzene ring substituents is 1. The number of nitro groups is 1. The average molecular weight is 298 g/mol. The molecular formula is C11H8F2N4O4. The molecule has 0 bridgehead atoms. The number of carboxylic acid groups (broad SMARTS) is 1. The smallest absolute Gasteiger partial charge is 0.358 e. The van der Waals surface area contributed by atoms with Gasteiger partial charge in [-0.15, -0.1) is 5.10 Å². The standard InChI is InChI=1S/C11H8F2N4O4/c12-10(13)9-8(11(18)19)14-15-16(9)5-6-1-3-7(4-2-6)17(20)21/h1-4,10H,5H2,(H,18,19). The Kier molecular flexibility index (Phi) is 3.87. The molecule has 1 aromatic carbocycles. The highest BCUT2D eigenvalue weighted by molar-refractivity contribution is 5.86. The maximum absolute atomic E-state index is 12.9. The lowest BCUT2D eigenvalue weighted by molar-refractivity contribution is -0.384. The molecule has 0 unspecified atom stereocenters. The monoisotopic (exact) mass is 298 g/mol. The number of benzene rings is 1. The van der Waals surface area contributed by atoms with Crippen molar-refractivity contribution in [2.75, 3.05) is 0 Å². The molecule has 0 saturated heterocycles. The van der Waals surface area contributed by atoms with Crippen molar-refractivity contribution in [3.63, 3.8) is 0 Å². The second kappa shape index (κ2) is 5.61. The Morgan fingerprint density at radius 2 is 2.00 bits per heavy atom. The molecule has 1 N–H and O–H groups in total. The van der Waals surface area contributed by atoms with Crippen molar-refractivity contribution in [3.05, 3.63) is 51.3 Å². The second-order valence-electron chi connectivity index (χ2n) is 4.01. The summed E-state index contributed by atoms with van der Waals surface area (Å²) >= 11 is 0. The molecule has 0 saturated carbocycles. The summed E-state index contributed by atoms with van der Waals surface area (Å²) < 4.78 is 26.6. The first-order valence-electron chi connectivity index (χ1n) is 5.58. The summed E-state index contributed by atoms with van der Waals surface area (Å²) in [6.45, 7) is -0.169. The molecule has 1 heterocycles. The van der Waals surface area contributed by atoms with Crippen molar-refractivity contribution >= 4 is 11.7 Å². The van der Waals surface area contributed by atoms with Gasteiger partial charge in [0.05, 0.1) is 11.5 Å². The molecule has 0 aliphatic carbocycles.